The summed E-state index contributed by atoms with van der Waals surface area (Å²) < 4.78 is 27.3. The molecule has 0 spiro atoms. The molecule has 0 fully saturated rings. The molecule has 0 aromatic heterocycles. The summed E-state index contributed by atoms with van der Waals surface area (Å²) in [6.07, 6.45) is 0. The quantitative estimate of drug-likeness (QED) is 0.829. The molecule has 0 atom stereocenters. The van der Waals surface area contributed by atoms with Gasteiger partial charge < -0.3 is 16.4 Å². The molecule has 6 heteroatoms. The van der Waals surface area contributed by atoms with E-state index >= 15 is 0 Å². The smallest absolute Gasteiger partial charge is 0.169 e. The van der Waals surface area contributed by atoms with Crippen LogP contribution in [0.25, 0.3) is 0 Å². The van der Waals surface area contributed by atoms with Gasteiger partial charge in [-0.2, -0.15) is 0 Å². The molecule has 2 rings (SSSR count). The van der Waals surface area contributed by atoms with Gasteiger partial charge in [-0.15, -0.1) is 0 Å². The first kappa shape index (κ1) is 13.4. The SMILES string of the molecule is CN(c1cccc(F)c1)c1c(N)cc(N)c(Cl)c1F. The van der Waals surface area contributed by atoms with Crippen molar-refractivity contribution in [1.29, 1.82) is 0 Å². The van der Waals surface area contributed by atoms with Crippen LogP contribution < -0.4 is 16.4 Å². The predicted molar refractivity (Wildman–Crippen MR) is 74.7 cm³/mol. The number of hydrogen-bond donors (Lipinski definition) is 2. The molecule has 2 aromatic carbocycles. The summed E-state index contributed by atoms with van der Waals surface area (Å²) in [5.41, 5.74) is 12.0. The Morgan fingerprint density at radius 1 is 1.11 bits per heavy atom. The van der Waals surface area contributed by atoms with Gasteiger partial charge in [0.2, 0.25) is 0 Å². The van der Waals surface area contributed by atoms with Gasteiger partial charge in [-0.05, 0) is 24.3 Å². The fourth-order valence-corrected chi connectivity index (χ4v) is 1.96. The van der Waals surface area contributed by atoms with Crippen LogP contribution in [-0.4, -0.2) is 7.05 Å². The van der Waals surface area contributed by atoms with Crippen molar-refractivity contribution in [2.75, 3.05) is 23.4 Å². The predicted octanol–water partition coefficient (Wildman–Crippen LogP) is 3.55. The van der Waals surface area contributed by atoms with Crippen LogP contribution in [0.4, 0.5) is 31.5 Å². The number of halogens is 3. The fraction of sp³-hybridized carbons (Fsp3) is 0.0769. The molecular weight excluding hydrogens is 272 g/mol. The van der Waals surface area contributed by atoms with E-state index in [1.165, 1.54) is 29.2 Å². The van der Waals surface area contributed by atoms with Gasteiger partial charge >= 0.3 is 0 Å². The number of nitrogens with two attached hydrogens (primary N) is 2. The summed E-state index contributed by atoms with van der Waals surface area (Å²) in [4.78, 5) is 1.42. The molecule has 0 aliphatic carbocycles. The summed E-state index contributed by atoms with van der Waals surface area (Å²) >= 11 is 5.76. The van der Waals surface area contributed by atoms with Crippen molar-refractivity contribution in [2.24, 2.45) is 0 Å². The lowest BCUT2D eigenvalue weighted by Gasteiger charge is -2.23. The highest BCUT2D eigenvalue weighted by Gasteiger charge is 2.18. The molecule has 0 radical (unpaired) electrons. The molecule has 0 aliphatic rings. The first-order valence-corrected chi connectivity index (χ1v) is 5.82. The molecular formula is C13H12ClF2N3. The molecule has 0 bridgehead atoms. The average molecular weight is 284 g/mol. The lowest BCUT2D eigenvalue weighted by molar-refractivity contribution is 0.624. The van der Waals surface area contributed by atoms with E-state index in [1.54, 1.807) is 13.1 Å². The van der Waals surface area contributed by atoms with Crippen molar-refractivity contribution in [2.45, 2.75) is 0 Å². The van der Waals surface area contributed by atoms with Crippen molar-refractivity contribution < 1.29 is 8.78 Å². The minimum atomic E-state index is -0.731. The first-order valence-electron chi connectivity index (χ1n) is 5.44. The van der Waals surface area contributed by atoms with Gasteiger partial charge in [-0.25, -0.2) is 8.78 Å². The second-order valence-electron chi connectivity index (χ2n) is 4.07. The second-order valence-corrected chi connectivity index (χ2v) is 4.45. The molecule has 2 aromatic rings. The fourth-order valence-electron chi connectivity index (χ4n) is 1.81. The number of nitrogen functional groups attached to an aromatic ring is 2. The van der Waals surface area contributed by atoms with Crippen LogP contribution in [0.5, 0.6) is 0 Å². The van der Waals surface area contributed by atoms with Crippen molar-refractivity contribution in [3.05, 3.63) is 47.0 Å². The average Bonchev–Trinajstić information content (AvgIpc) is 2.36. The third-order valence-corrected chi connectivity index (χ3v) is 3.15. The summed E-state index contributed by atoms with van der Waals surface area (Å²) in [6, 6.07) is 7.09. The molecule has 3 nitrogen and oxygen atoms in total. The normalized spacial score (nSPS) is 10.5. The maximum Gasteiger partial charge on any atom is 0.169 e. The van der Waals surface area contributed by atoms with E-state index in [2.05, 4.69) is 0 Å². The van der Waals surface area contributed by atoms with Crippen LogP contribution >= 0.6 is 11.6 Å². The van der Waals surface area contributed by atoms with Crippen molar-refractivity contribution in [1.82, 2.24) is 0 Å². The number of nitrogens with zero attached hydrogens (tertiary/aromatic N) is 1. The van der Waals surface area contributed by atoms with Crippen LogP contribution in [0.15, 0.2) is 30.3 Å². The Morgan fingerprint density at radius 3 is 2.42 bits per heavy atom. The van der Waals surface area contributed by atoms with Crippen LogP contribution in [-0.2, 0) is 0 Å². The number of anilines is 4. The van der Waals surface area contributed by atoms with Gasteiger partial charge in [0.25, 0.3) is 0 Å². The number of benzene rings is 2. The maximum atomic E-state index is 14.1. The molecule has 0 saturated heterocycles. The Bertz CT molecular complexity index is 632. The van der Waals surface area contributed by atoms with Crippen molar-refractivity contribution in [3.63, 3.8) is 0 Å². The maximum absolute atomic E-state index is 14.1. The zero-order valence-electron chi connectivity index (χ0n) is 10.1. The summed E-state index contributed by atoms with van der Waals surface area (Å²) in [7, 11) is 1.57. The number of hydrogen-bond acceptors (Lipinski definition) is 3. The molecule has 19 heavy (non-hydrogen) atoms. The van der Waals surface area contributed by atoms with Crippen molar-refractivity contribution >= 4 is 34.4 Å². The largest absolute Gasteiger partial charge is 0.397 e. The van der Waals surface area contributed by atoms with E-state index in [0.717, 1.165) is 0 Å². The van der Waals surface area contributed by atoms with Gasteiger partial charge in [-0.1, -0.05) is 17.7 Å². The standard InChI is InChI=1S/C13H12ClF2N3/c1-19(8-4-2-3-7(15)5-8)13-10(18)6-9(17)11(14)12(13)16/h2-6H,17-18H2,1H3. The van der Waals surface area contributed by atoms with Crippen LogP contribution in [0.2, 0.25) is 5.02 Å². The Labute approximate surface area is 114 Å². The van der Waals surface area contributed by atoms with Gasteiger partial charge in [0, 0.05) is 12.7 Å². The highest BCUT2D eigenvalue weighted by molar-refractivity contribution is 6.33. The first-order chi connectivity index (χ1) is 8.91. The highest BCUT2D eigenvalue weighted by Crippen LogP contribution is 2.38. The Kier molecular flexibility index (Phi) is 3.48. The van der Waals surface area contributed by atoms with Gasteiger partial charge in [-0.3, -0.25) is 0 Å². The van der Waals surface area contributed by atoms with E-state index in [4.69, 9.17) is 23.1 Å². The molecule has 100 valence electrons. The minimum absolute atomic E-state index is 0.0600. The summed E-state index contributed by atoms with van der Waals surface area (Å²) in [5.74, 6) is -1.16. The minimum Gasteiger partial charge on any atom is -0.397 e. The van der Waals surface area contributed by atoms with Gasteiger partial charge in [0.05, 0.1) is 11.4 Å². The molecule has 0 unspecified atom stereocenters. The zero-order chi connectivity index (χ0) is 14.2. The Hall–Kier alpha value is -2.01. The molecule has 4 N–H and O–H groups in total. The van der Waals surface area contributed by atoms with Crippen LogP contribution in [0.1, 0.15) is 0 Å². The number of rotatable bonds is 2. The topological polar surface area (TPSA) is 55.3 Å². The van der Waals surface area contributed by atoms with Crippen molar-refractivity contribution in [3.8, 4) is 0 Å². The zero-order valence-corrected chi connectivity index (χ0v) is 10.9. The lowest BCUT2D eigenvalue weighted by atomic mass is 10.2. The van der Waals surface area contributed by atoms with E-state index in [-0.39, 0.29) is 22.1 Å². The Balaban J connectivity index is 2.56. The Morgan fingerprint density at radius 2 is 1.79 bits per heavy atom. The summed E-state index contributed by atoms with van der Waals surface area (Å²) in [6.45, 7) is 0. The van der Waals surface area contributed by atoms with Gasteiger partial charge in [0.1, 0.15) is 16.5 Å². The second kappa shape index (κ2) is 4.93. The van der Waals surface area contributed by atoms with E-state index in [1.807, 2.05) is 0 Å². The molecule has 0 amide bonds. The monoisotopic (exact) mass is 283 g/mol. The lowest BCUT2D eigenvalue weighted by Crippen LogP contribution is -2.14. The molecule has 0 heterocycles. The molecule has 0 aliphatic heterocycles. The van der Waals surface area contributed by atoms with E-state index in [0.29, 0.717) is 5.69 Å². The van der Waals surface area contributed by atoms with E-state index in [9.17, 15) is 8.78 Å². The summed E-state index contributed by atoms with van der Waals surface area (Å²) in [5, 5.41) is -0.201. The third kappa shape index (κ3) is 2.42. The highest BCUT2D eigenvalue weighted by atomic mass is 35.5. The molecule has 0 saturated carbocycles. The van der Waals surface area contributed by atoms with Gasteiger partial charge in [0.15, 0.2) is 5.82 Å². The van der Waals surface area contributed by atoms with Crippen LogP contribution in [0, 0.1) is 11.6 Å². The van der Waals surface area contributed by atoms with E-state index < -0.39 is 11.6 Å². The van der Waals surface area contributed by atoms with Crippen LogP contribution in [0.3, 0.4) is 0 Å². The third-order valence-electron chi connectivity index (χ3n) is 2.77.